The van der Waals surface area contributed by atoms with Crippen molar-refractivity contribution in [3.05, 3.63) is 35.9 Å². The van der Waals surface area contributed by atoms with Gasteiger partial charge in [0.1, 0.15) is 17.6 Å². The van der Waals surface area contributed by atoms with Crippen LogP contribution in [0.3, 0.4) is 0 Å². The zero-order valence-electron chi connectivity index (χ0n) is 16.9. The highest BCUT2D eigenvalue weighted by molar-refractivity contribution is 5.97. The Bertz CT molecular complexity index is 706. The molecule has 1 aromatic carbocycles. The molecule has 1 saturated heterocycles. The monoisotopic (exact) mass is 384 g/mol. The summed E-state index contributed by atoms with van der Waals surface area (Å²) >= 11 is 0. The number of likely N-dealkylation sites (tertiary alicyclic amines) is 1. The first-order valence-electron chi connectivity index (χ1n) is 10.7. The van der Waals surface area contributed by atoms with Crippen molar-refractivity contribution in [3.63, 3.8) is 0 Å². The molecule has 0 unspecified atom stereocenters. The second-order valence-electron chi connectivity index (χ2n) is 8.38. The molecule has 1 aromatic rings. The average molecular weight is 385 g/mol. The van der Waals surface area contributed by atoms with E-state index >= 15 is 0 Å². The number of nitrogens with zero attached hydrogens (tertiary/aromatic N) is 1. The lowest BCUT2D eigenvalue weighted by molar-refractivity contribution is 0.0854. The van der Waals surface area contributed by atoms with Gasteiger partial charge in [0.15, 0.2) is 0 Å². The van der Waals surface area contributed by atoms with Crippen molar-refractivity contribution < 1.29 is 14.3 Å². The summed E-state index contributed by atoms with van der Waals surface area (Å²) in [6.07, 6.45) is 12.7. The maximum Gasteiger partial charge on any atom is 0.255 e. The molecule has 5 heteroatoms. The van der Waals surface area contributed by atoms with Crippen LogP contribution in [0.4, 0.5) is 0 Å². The molecule has 0 aromatic heterocycles. The van der Waals surface area contributed by atoms with E-state index in [2.05, 4.69) is 22.4 Å². The fourth-order valence-corrected chi connectivity index (χ4v) is 4.18. The lowest BCUT2D eigenvalue weighted by Crippen LogP contribution is -2.41. The molecule has 1 N–H and O–H groups in total. The van der Waals surface area contributed by atoms with E-state index in [4.69, 9.17) is 9.47 Å². The molecule has 152 valence electrons. The summed E-state index contributed by atoms with van der Waals surface area (Å²) in [5.74, 6) is 2.13. The molecule has 5 nitrogen and oxygen atoms in total. The third kappa shape index (κ3) is 5.07. The van der Waals surface area contributed by atoms with Crippen LogP contribution < -0.4 is 14.8 Å². The lowest BCUT2D eigenvalue weighted by atomic mass is 9.93. The molecule has 3 aliphatic rings. The zero-order valence-corrected chi connectivity index (χ0v) is 16.9. The van der Waals surface area contributed by atoms with E-state index in [-0.39, 0.29) is 12.0 Å². The number of amides is 1. The summed E-state index contributed by atoms with van der Waals surface area (Å²) in [6.45, 7) is 3.34. The van der Waals surface area contributed by atoms with Gasteiger partial charge < -0.3 is 19.7 Å². The molecule has 0 spiro atoms. The lowest BCUT2D eigenvalue weighted by Gasteiger charge is -2.35. The van der Waals surface area contributed by atoms with E-state index in [9.17, 15) is 4.79 Å². The minimum absolute atomic E-state index is 0.0389. The summed E-state index contributed by atoms with van der Waals surface area (Å²) in [6, 6.07) is 5.83. The Morgan fingerprint density at radius 1 is 1.14 bits per heavy atom. The van der Waals surface area contributed by atoms with Gasteiger partial charge in [-0.3, -0.25) is 4.79 Å². The number of allylic oxidation sites excluding steroid dienone is 2. The van der Waals surface area contributed by atoms with Gasteiger partial charge in [0.25, 0.3) is 5.91 Å². The summed E-state index contributed by atoms with van der Waals surface area (Å²) < 4.78 is 11.7. The van der Waals surface area contributed by atoms with Crippen LogP contribution in [0.2, 0.25) is 0 Å². The SMILES string of the molecule is COc1ccc(C(=O)NC2CC2)c(OC2CCN(C[C@@H]3CC=CCC3)CC2)c1. The van der Waals surface area contributed by atoms with Crippen LogP contribution in [0, 0.1) is 5.92 Å². The second kappa shape index (κ2) is 8.99. The topological polar surface area (TPSA) is 50.8 Å². The number of benzene rings is 1. The van der Waals surface area contributed by atoms with Crippen molar-refractivity contribution in [3.8, 4) is 11.5 Å². The zero-order chi connectivity index (χ0) is 19.3. The Kier molecular flexibility index (Phi) is 6.20. The highest BCUT2D eigenvalue weighted by Crippen LogP contribution is 2.29. The molecule has 28 heavy (non-hydrogen) atoms. The van der Waals surface area contributed by atoms with E-state index in [1.807, 2.05) is 18.2 Å². The quantitative estimate of drug-likeness (QED) is 0.727. The maximum atomic E-state index is 12.6. The fraction of sp³-hybridized carbons (Fsp3) is 0.609. The Hall–Kier alpha value is -2.01. The highest BCUT2D eigenvalue weighted by Gasteiger charge is 2.27. The van der Waals surface area contributed by atoms with Gasteiger partial charge in [0.05, 0.1) is 12.7 Å². The van der Waals surface area contributed by atoms with E-state index in [1.165, 1.54) is 25.8 Å². The summed E-state index contributed by atoms with van der Waals surface area (Å²) in [5.41, 5.74) is 0.615. The summed E-state index contributed by atoms with van der Waals surface area (Å²) in [7, 11) is 1.64. The van der Waals surface area contributed by atoms with Gasteiger partial charge in [-0.05, 0) is 63.0 Å². The number of piperidine rings is 1. The maximum absolute atomic E-state index is 12.6. The van der Waals surface area contributed by atoms with E-state index < -0.39 is 0 Å². The van der Waals surface area contributed by atoms with Crippen molar-refractivity contribution >= 4 is 5.91 Å². The van der Waals surface area contributed by atoms with Crippen LogP contribution in [0.1, 0.15) is 55.3 Å². The van der Waals surface area contributed by atoms with Crippen LogP contribution in [0.25, 0.3) is 0 Å². The van der Waals surface area contributed by atoms with E-state index in [0.29, 0.717) is 17.4 Å². The molecule has 1 saturated carbocycles. The number of nitrogens with one attached hydrogen (secondary N) is 1. The van der Waals surface area contributed by atoms with Gasteiger partial charge in [0, 0.05) is 31.7 Å². The predicted octanol–water partition coefficient (Wildman–Crippen LogP) is 3.79. The van der Waals surface area contributed by atoms with Gasteiger partial charge in [-0.1, -0.05) is 12.2 Å². The Morgan fingerprint density at radius 2 is 1.96 bits per heavy atom. The van der Waals surface area contributed by atoms with Gasteiger partial charge in [-0.2, -0.15) is 0 Å². The van der Waals surface area contributed by atoms with Crippen molar-refractivity contribution in [2.75, 3.05) is 26.7 Å². The Labute approximate surface area is 168 Å². The molecule has 2 aliphatic carbocycles. The fourth-order valence-electron chi connectivity index (χ4n) is 4.18. The summed E-state index contributed by atoms with van der Waals surface area (Å²) in [5, 5.41) is 3.06. The van der Waals surface area contributed by atoms with Crippen molar-refractivity contribution in [1.29, 1.82) is 0 Å². The van der Waals surface area contributed by atoms with Crippen LogP contribution in [-0.2, 0) is 0 Å². The molecule has 1 amide bonds. The molecular formula is C23H32N2O3. The molecule has 0 bridgehead atoms. The number of hydrogen-bond acceptors (Lipinski definition) is 4. The van der Waals surface area contributed by atoms with E-state index in [1.54, 1.807) is 7.11 Å². The second-order valence-corrected chi connectivity index (χ2v) is 8.38. The molecule has 1 aliphatic heterocycles. The first kappa shape index (κ1) is 19.3. The molecule has 1 heterocycles. The average Bonchev–Trinajstić information content (AvgIpc) is 3.54. The molecule has 1 atom stereocenters. The summed E-state index contributed by atoms with van der Waals surface area (Å²) in [4.78, 5) is 15.2. The van der Waals surface area contributed by atoms with Crippen LogP contribution >= 0.6 is 0 Å². The van der Waals surface area contributed by atoms with Crippen molar-refractivity contribution in [2.24, 2.45) is 5.92 Å². The van der Waals surface area contributed by atoms with Crippen LogP contribution in [-0.4, -0.2) is 49.7 Å². The van der Waals surface area contributed by atoms with Crippen molar-refractivity contribution in [2.45, 2.75) is 57.1 Å². The van der Waals surface area contributed by atoms with Gasteiger partial charge in [-0.25, -0.2) is 0 Å². The number of rotatable bonds is 7. The minimum Gasteiger partial charge on any atom is -0.497 e. The number of carbonyl (C=O) groups is 1. The first-order chi connectivity index (χ1) is 13.7. The molecule has 0 radical (unpaired) electrons. The molecule has 2 fully saturated rings. The highest BCUT2D eigenvalue weighted by atomic mass is 16.5. The smallest absolute Gasteiger partial charge is 0.255 e. The Balaban J connectivity index is 1.34. The number of carbonyl (C=O) groups excluding carboxylic acids is 1. The predicted molar refractivity (Wildman–Crippen MR) is 110 cm³/mol. The normalized spacial score (nSPS) is 23.4. The number of hydrogen-bond donors (Lipinski definition) is 1. The largest absolute Gasteiger partial charge is 0.497 e. The standard InChI is InChI=1S/C23H32N2O3/c1-27-20-9-10-21(23(26)24-18-7-8-18)22(15-20)28-19-11-13-25(14-12-19)16-17-5-3-2-4-6-17/h2-3,9-10,15,17-19H,4-8,11-14,16H2,1H3,(H,24,26)/t17-/m1/s1. The van der Waals surface area contributed by atoms with Gasteiger partial charge in [-0.15, -0.1) is 0 Å². The van der Waals surface area contributed by atoms with E-state index in [0.717, 1.165) is 50.4 Å². The van der Waals surface area contributed by atoms with Crippen LogP contribution in [0.15, 0.2) is 30.4 Å². The molecule has 4 rings (SSSR count). The number of ether oxygens (including phenoxy) is 2. The van der Waals surface area contributed by atoms with Gasteiger partial charge >= 0.3 is 0 Å². The third-order valence-electron chi connectivity index (χ3n) is 6.07. The Morgan fingerprint density at radius 3 is 2.64 bits per heavy atom. The van der Waals surface area contributed by atoms with Crippen LogP contribution in [0.5, 0.6) is 11.5 Å². The number of methoxy groups -OCH3 is 1. The third-order valence-corrected chi connectivity index (χ3v) is 6.07. The van der Waals surface area contributed by atoms with Gasteiger partial charge in [0.2, 0.25) is 0 Å². The minimum atomic E-state index is -0.0389. The molecular weight excluding hydrogens is 352 g/mol. The van der Waals surface area contributed by atoms with Crippen molar-refractivity contribution in [1.82, 2.24) is 10.2 Å². The first-order valence-corrected chi connectivity index (χ1v) is 10.7.